The zero-order chi connectivity index (χ0) is 12.4. The van der Waals surface area contributed by atoms with E-state index in [1.54, 1.807) is 13.0 Å². The second-order valence-electron chi connectivity index (χ2n) is 4.42. The maximum absolute atomic E-state index is 10.9. The Bertz CT molecular complexity index is 442. The van der Waals surface area contributed by atoms with Crippen LogP contribution in [0.5, 0.6) is 0 Å². The van der Waals surface area contributed by atoms with Crippen molar-refractivity contribution in [2.45, 2.75) is 26.3 Å². The quantitative estimate of drug-likeness (QED) is 0.663. The highest BCUT2D eigenvalue weighted by Gasteiger charge is 2.18. The number of nitrogens with zero attached hydrogens (tertiary/aromatic N) is 1. The lowest BCUT2D eigenvalue weighted by molar-refractivity contribution is -0.385. The van der Waals surface area contributed by atoms with Crippen LogP contribution in [-0.2, 0) is 0 Å². The van der Waals surface area contributed by atoms with Gasteiger partial charge in [-0.05, 0) is 37.7 Å². The Labute approximate surface area is 105 Å². The fourth-order valence-electron chi connectivity index (χ4n) is 2.06. The van der Waals surface area contributed by atoms with E-state index in [2.05, 4.69) is 5.32 Å². The summed E-state index contributed by atoms with van der Waals surface area (Å²) in [5, 5.41) is 14.3. The average molecular weight is 252 g/mol. The number of hydrogen-bond donors (Lipinski definition) is 1. The molecular weight excluding hydrogens is 236 g/mol. The van der Waals surface area contributed by atoms with Crippen LogP contribution in [0.15, 0.2) is 12.1 Å². The molecule has 0 radical (unpaired) electrons. The van der Waals surface area contributed by atoms with Crippen LogP contribution < -0.4 is 5.32 Å². The number of rotatable bonds is 3. The van der Waals surface area contributed by atoms with Gasteiger partial charge in [0, 0.05) is 29.1 Å². The molecule has 0 bridgehead atoms. The first-order valence-electron chi connectivity index (χ1n) is 5.68. The summed E-state index contributed by atoms with van der Waals surface area (Å²) in [7, 11) is 0. The van der Waals surface area contributed by atoms with Gasteiger partial charge in [0.25, 0.3) is 5.69 Å². The largest absolute Gasteiger partial charge is 0.381 e. The molecule has 1 aromatic rings. The Balaban J connectivity index is 2.26. The normalized spacial score (nSPS) is 19.3. The average Bonchev–Trinajstić information content (AvgIpc) is 2.74. The third-order valence-corrected chi connectivity index (χ3v) is 4.19. The van der Waals surface area contributed by atoms with Gasteiger partial charge in [-0.3, -0.25) is 10.1 Å². The van der Waals surface area contributed by atoms with Gasteiger partial charge in [-0.1, -0.05) is 0 Å². The first-order valence-corrected chi connectivity index (χ1v) is 6.83. The lowest BCUT2D eigenvalue weighted by Gasteiger charge is -2.15. The molecule has 0 amide bonds. The van der Waals surface area contributed by atoms with Crippen molar-refractivity contribution in [3.8, 4) is 0 Å². The maximum atomic E-state index is 10.9. The molecule has 1 N–H and O–H groups in total. The minimum atomic E-state index is -0.316. The third-order valence-electron chi connectivity index (χ3n) is 3.03. The summed E-state index contributed by atoms with van der Waals surface area (Å²) in [6.07, 6.45) is 1.13. The monoisotopic (exact) mass is 252 g/mol. The minimum Gasteiger partial charge on any atom is -0.381 e. The number of nitrogens with one attached hydrogen (secondary N) is 1. The molecule has 5 heteroatoms. The van der Waals surface area contributed by atoms with E-state index in [1.165, 1.54) is 5.75 Å². The molecular formula is C12H16N2O2S. The van der Waals surface area contributed by atoms with Crippen LogP contribution in [0, 0.1) is 24.0 Å². The highest BCUT2D eigenvalue weighted by Crippen LogP contribution is 2.29. The van der Waals surface area contributed by atoms with Crippen molar-refractivity contribution in [2.75, 3.05) is 16.8 Å². The summed E-state index contributed by atoms with van der Waals surface area (Å²) in [6.45, 7) is 3.77. The van der Waals surface area contributed by atoms with Crippen molar-refractivity contribution >= 4 is 23.1 Å². The molecule has 2 rings (SSSR count). The summed E-state index contributed by atoms with van der Waals surface area (Å²) < 4.78 is 0. The van der Waals surface area contributed by atoms with Gasteiger partial charge in [-0.15, -0.1) is 0 Å². The Kier molecular flexibility index (Phi) is 3.57. The van der Waals surface area contributed by atoms with E-state index in [9.17, 15) is 10.1 Å². The third kappa shape index (κ3) is 2.72. The van der Waals surface area contributed by atoms with Crippen LogP contribution in [0.4, 0.5) is 11.4 Å². The predicted molar refractivity (Wildman–Crippen MR) is 71.9 cm³/mol. The van der Waals surface area contributed by atoms with E-state index in [-0.39, 0.29) is 10.6 Å². The van der Waals surface area contributed by atoms with Gasteiger partial charge in [0.2, 0.25) is 0 Å². The number of anilines is 1. The summed E-state index contributed by atoms with van der Waals surface area (Å²) >= 11 is 1.92. The number of aryl methyl sites for hydroxylation is 2. The molecule has 4 nitrogen and oxygen atoms in total. The van der Waals surface area contributed by atoms with Crippen LogP contribution >= 0.6 is 11.8 Å². The van der Waals surface area contributed by atoms with Gasteiger partial charge in [0.1, 0.15) is 0 Å². The SMILES string of the molecule is Cc1cc(C)c([N+](=O)[O-])cc1NC1CCSC1. The number of hydrogen-bond acceptors (Lipinski definition) is 4. The number of nitro benzene ring substituents is 1. The molecule has 1 aromatic carbocycles. The van der Waals surface area contributed by atoms with Crippen LogP contribution in [0.3, 0.4) is 0 Å². The smallest absolute Gasteiger partial charge is 0.274 e. The molecule has 0 aliphatic carbocycles. The van der Waals surface area contributed by atoms with Crippen molar-refractivity contribution in [1.82, 2.24) is 0 Å². The van der Waals surface area contributed by atoms with Gasteiger partial charge in [0.05, 0.1) is 4.92 Å². The van der Waals surface area contributed by atoms with Crippen LogP contribution in [0.2, 0.25) is 0 Å². The molecule has 0 saturated carbocycles. The fourth-order valence-corrected chi connectivity index (χ4v) is 3.21. The van der Waals surface area contributed by atoms with E-state index in [1.807, 2.05) is 24.8 Å². The molecule has 1 saturated heterocycles. The lowest BCUT2D eigenvalue weighted by Crippen LogP contribution is -2.18. The zero-order valence-corrected chi connectivity index (χ0v) is 10.8. The van der Waals surface area contributed by atoms with E-state index in [0.717, 1.165) is 29.0 Å². The zero-order valence-electron chi connectivity index (χ0n) is 10.0. The van der Waals surface area contributed by atoms with Crippen LogP contribution in [-0.4, -0.2) is 22.5 Å². The number of nitro groups is 1. The summed E-state index contributed by atoms with van der Waals surface area (Å²) in [6, 6.07) is 3.98. The fraction of sp³-hybridized carbons (Fsp3) is 0.500. The standard InChI is InChI=1S/C12H16N2O2S/c1-8-5-9(2)12(14(15)16)6-11(8)13-10-3-4-17-7-10/h5-6,10,13H,3-4,7H2,1-2H3. The lowest BCUT2D eigenvalue weighted by atomic mass is 10.1. The van der Waals surface area contributed by atoms with E-state index in [4.69, 9.17) is 0 Å². The van der Waals surface area contributed by atoms with Crippen LogP contribution in [0.25, 0.3) is 0 Å². The minimum absolute atomic E-state index is 0.198. The molecule has 1 aliphatic rings. The molecule has 1 aliphatic heterocycles. The highest BCUT2D eigenvalue weighted by atomic mass is 32.2. The molecule has 92 valence electrons. The van der Waals surface area contributed by atoms with Crippen molar-refractivity contribution in [2.24, 2.45) is 0 Å². The van der Waals surface area contributed by atoms with Gasteiger partial charge in [0.15, 0.2) is 0 Å². The second kappa shape index (κ2) is 4.96. The molecule has 1 heterocycles. The summed E-state index contributed by atoms with van der Waals surface area (Å²) in [4.78, 5) is 10.6. The number of thioether (sulfide) groups is 1. The predicted octanol–water partition coefficient (Wildman–Crippen LogP) is 3.13. The van der Waals surface area contributed by atoms with Gasteiger partial charge >= 0.3 is 0 Å². The Hall–Kier alpha value is -1.23. The molecule has 1 fully saturated rings. The van der Waals surface area contributed by atoms with Gasteiger partial charge < -0.3 is 5.32 Å². The molecule has 0 aromatic heterocycles. The Morgan fingerprint density at radius 3 is 2.76 bits per heavy atom. The Morgan fingerprint density at radius 1 is 1.41 bits per heavy atom. The number of benzene rings is 1. The molecule has 17 heavy (non-hydrogen) atoms. The van der Waals surface area contributed by atoms with Crippen molar-refractivity contribution in [3.63, 3.8) is 0 Å². The van der Waals surface area contributed by atoms with Crippen LogP contribution in [0.1, 0.15) is 17.5 Å². The van der Waals surface area contributed by atoms with Gasteiger partial charge in [-0.2, -0.15) is 11.8 Å². The van der Waals surface area contributed by atoms with Gasteiger partial charge in [-0.25, -0.2) is 0 Å². The van der Waals surface area contributed by atoms with Crippen molar-refractivity contribution in [3.05, 3.63) is 33.4 Å². The topological polar surface area (TPSA) is 55.2 Å². The van der Waals surface area contributed by atoms with Crippen molar-refractivity contribution < 1.29 is 4.92 Å². The second-order valence-corrected chi connectivity index (χ2v) is 5.57. The molecule has 0 spiro atoms. The van der Waals surface area contributed by atoms with Crippen molar-refractivity contribution in [1.29, 1.82) is 0 Å². The Morgan fingerprint density at radius 2 is 2.18 bits per heavy atom. The van der Waals surface area contributed by atoms with E-state index < -0.39 is 0 Å². The first-order chi connectivity index (χ1) is 8.08. The highest BCUT2D eigenvalue weighted by molar-refractivity contribution is 7.99. The summed E-state index contributed by atoms with van der Waals surface area (Å²) in [5.74, 6) is 2.26. The van der Waals surface area contributed by atoms with E-state index >= 15 is 0 Å². The summed E-state index contributed by atoms with van der Waals surface area (Å²) in [5.41, 5.74) is 2.89. The first kappa shape index (κ1) is 12.2. The molecule has 1 unspecified atom stereocenters. The molecule has 1 atom stereocenters. The van der Waals surface area contributed by atoms with E-state index in [0.29, 0.717) is 6.04 Å². The maximum Gasteiger partial charge on any atom is 0.274 e.